The summed E-state index contributed by atoms with van der Waals surface area (Å²) in [5.74, 6) is -0.0945. The van der Waals surface area contributed by atoms with Gasteiger partial charge in [0.2, 0.25) is 0 Å². The van der Waals surface area contributed by atoms with E-state index in [-0.39, 0.29) is 15.8 Å². The molecule has 0 atom stereocenters. The van der Waals surface area contributed by atoms with Gasteiger partial charge in [-0.3, -0.25) is 14.2 Å². The Morgan fingerprint density at radius 1 is 1.26 bits per heavy atom. The number of benzene rings is 1. The van der Waals surface area contributed by atoms with Crippen molar-refractivity contribution in [3.8, 4) is 11.4 Å². The first-order valence-corrected chi connectivity index (χ1v) is 6.42. The number of hydrogen-bond donors (Lipinski definition) is 1. The monoisotopic (exact) mass is 321 g/mol. The van der Waals surface area contributed by atoms with Crippen molar-refractivity contribution in [3.05, 3.63) is 55.9 Å². The second-order valence-electron chi connectivity index (χ2n) is 4.29. The SMILES string of the molecule is Cc1ccc(C=O)cc1-n1c(C)cc(O)c(Br)c1=O. The van der Waals surface area contributed by atoms with Crippen molar-refractivity contribution < 1.29 is 9.90 Å². The molecule has 1 N–H and O–H groups in total. The molecule has 2 aromatic rings. The van der Waals surface area contributed by atoms with Gasteiger partial charge in [-0.1, -0.05) is 12.1 Å². The van der Waals surface area contributed by atoms with Gasteiger partial charge in [-0.25, -0.2) is 0 Å². The van der Waals surface area contributed by atoms with Crippen molar-refractivity contribution in [1.82, 2.24) is 4.57 Å². The number of carbonyl (C=O) groups excluding carboxylic acids is 1. The molecule has 0 saturated carbocycles. The van der Waals surface area contributed by atoms with E-state index in [2.05, 4.69) is 15.9 Å². The van der Waals surface area contributed by atoms with Gasteiger partial charge < -0.3 is 5.11 Å². The van der Waals surface area contributed by atoms with E-state index < -0.39 is 0 Å². The van der Waals surface area contributed by atoms with Crippen molar-refractivity contribution in [2.45, 2.75) is 13.8 Å². The second kappa shape index (κ2) is 5.01. The van der Waals surface area contributed by atoms with Gasteiger partial charge in [-0.05, 0) is 41.4 Å². The minimum Gasteiger partial charge on any atom is -0.506 e. The number of hydrogen-bond acceptors (Lipinski definition) is 3. The van der Waals surface area contributed by atoms with Crippen LogP contribution in [-0.4, -0.2) is 16.0 Å². The molecule has 0 aliphatic rings. The van der Waals surface area contributed by atoms with Crippen LogP contribution in [0.1, 0.15) is 21.6 Å². The predicted octanol–water partition coefficient (Wildman–Crippen LogP) is 2.73. The van der Waals surface area contributed by atoms with Crippen molar-refractivity contribution in [2.24, 2.45) is 0 Å². The number of halogens is 1. The van der Waals surface area contributed by atoms with Crippen LogP contribution >= 0.6 is 15.9 Å². The average molecular weight is 322 g/mol. The molecule has 0 bridgehead atoms. The normalized spacial score (nSPS) is 10.5. The Morgan fingerprint density at radius 3 is 2.58 bits per heavy atom. The molecule has 0 spiro atoms. The number of aryl methyl sites for hydroxylation is 2. The van der Waals surface area contributed by atoms with Gasteiger partial charge in [0.15, 0.2) is 0 Å². The third-order valence-corrected chi connectivity index (χ3v) is 3.67. The summed E-state index contributed by atoms with van der Waals surface area (Å²) in [5, 5.41) is 9.61. The molecule has 98 valence electrons. The number of pyridine rings is 1. The van der Waals surface area contributed by atoms with Crippen LogP contribution in [0.25, 0.3) is 5.69 Å². The van der Waals surface area contributed by atoms with E-state index in [4.69, 9.17) is 0 Å². The van der Waals surface area contributed by atoms with Crippen molar-refractivity contribution in [2.75, 3.05) is 0 Å². The maximum Gasteiger partial charge on any atom is 0.273 e. The Balaban J connectivity index is 2.83. The highest BCUT2D eigenvalue weighted by molar-refractivity contribution is 9.10. The molecule has 19 heavy (non-hydrogen) atoms. The first-order chi connectivity index (χ1) is 8.95. The van der Waals surface area contributed by atoms with E-state index in [1.807, 2.05) is 6.92 Å². The Bertz CT molecular complexity index is 719. The lowest BCUT2D eigenvalue weighted by Gasteiger charge is -2.14. The maximum absolute atomic E-state index is 12.2. The largest absolute Gasteiger partial charge is 0.506 e. The summed E-state index contributed by atoms with van der Waals surface area (Å²) in [4.78, 5) is 23.1. The van der Waals surface area contributed by atoms with E-state index in [0.717, 1.165) is 11.8 Å². The van der Waals surface area contributed by atoms with Crippen molar-refractivity contribution >= 4 is 22.2 Å². The minimum absolute atomic E-state index is 0.0945. The summed E-state index contributed by atoms with van der Waals surface area (Å²) in [7, 11) is 0. The zero-order valence-electron chi connectivity index (χ0n) is 10.5. The van der Waals surface area contributed by atoms with Crippen LogP contribution in [0.2, 0.25) is 0 Å². The van der Waals surface area contributed by atoms with E-state index in [0.29, 0.717) is 16.9 Å². The van der Waals surface area contributed by atoms with Gasteiger partial charge >= 0.3 is 0 Å². The topological polar surface area (TPSA) is 59.3 Å². The fraction of sp³-hybridized carbons (Fsp3) is 0.143. The summed E-state index contributed by atoms with van der Waals surface area (Å²) in [6.45, 7) is 3.58. The molecule has 0 fully saturated rings. The number of rotatable bonds is 2. The molecule has 5 heteroatoms. The van der Waals surface area contributed by atoms with Crippen molar-refractivity contribution in [1.29, 1.82) is 0 Å². The van der Waals surface area contributed by atoms with E-state index >= 15 is 0 Å². The Morgan fingerprint density at radius 2 is 1.95 bits per heavy atom. The van der Waals surface area contributed by atoms with Crippen LogP contribution < -0.4 is 5.56 Å². The first-order valence-electron chi connectivity index (χ1n) is 5.63. The van der Waals surface area contributed by atoms with Gasteiger partial charge in [-0.2, -0.15) is 0 Å². The van der Waals surface area contributed by atoms with Crippen molar-refractivity contribution in [3.63, 3.8) is 0 Å². The fourth-order valence-electron chi connectivity index (χ4n) is 1.93. The summed E-state index contributed by atoms with van der Waals surface area (Å²) in [6.07, 6.45) is 0.735. The standard InChI is InChI=1S/C14H12BrNO3/c1-8-3-4-10(7-17)6-11(8)16-9(2)5-12(18)13(15)14(16)19/h3-7,18H,1-2H3. The molecule has 1 heterocycles. The van der Waals surface area contributed by atoms with E-state index in [1.165, 1.54) is 10.6 Å². The first kappa shape index (κ1) is 13.5. The van der Waals surface area contributed by atoms with Gasteiger partial charge in [0, 0.05) is 17.3 Å². The third kappa shape index (κ3) is 2.33. The van der Waals surface area contributed by atoms with Crippen LogP contribution in [0.3, 0.4) is 0 Å². The molecule has 0 aliphatic carbocycles. The number of carbonyl (C=O) groups is 1. The molecule has 4 nitrogen and oxygen atoms in total. The highest BCUT2D eigenvalue weighted by Gasteiger charge is 2.13. The molecular formula is C14H12BrNO3. The number of nitrogens with zero attached hydrogens (tertiary/aromatic N) is 1. The number of aromatic nitrogens is 1. The smallest absolute Gasteiger partial charge is 0.273 e. The number of aldehydes is 1. The van der Waals surface area contributed by atoms with Gasteiger partial charge in [0.05, 0.1) is 5.69 Å². The number of aromatic hydroxyl groups is 1. The Kier molecular flexibility index (Phi) is 3.57. The highest BCUT2D eigenvalue weighted by Crippen LogP contribution is 2.23. The molecule has 0 amide bonds. The highest BCUT2D eigenvalue weighted by atomic mass is 79.9. The van der Waals surface area contributed by atoms with E-state index in [1.54, 1.807) is 25.1 Å². The third-order valence-electron chi connectivity index (χ3n) is 2.92. The molecule has 0 saturated heterocycles. The summed E-state index contributed by atoms with van der Waals surface area (Å²) in [6, 6.07) is 6.63. The zero-order valence-corrected chi connectivity index (χ0v) is 12.1. The molecule has 2 rings (SSSR count). The molecule has 0 radical (unpaired) electrons. The lowest BCUT2D eigenvalue weighted by atomic mass is 10.1. The van der Waals surface area contributed by atoms with Gasteiger partial charge in [0.1, 0.15) is 16.5 Å². The van der Waals surface area contributed by atoms with Crippen LogP contribution in [0.15, 0.2) is 33.5 Å². The molecule has 0 aliphatic heterocycles. The molecule has 0 unspecified atom stereocenters. The van der Waals surface area contributed by atoms with Crippen LogP contribution in [-0.2, 0) is 0 Å². The minimum atomic E-state index is -0.358. The molecular weight excluding hydrogens is 310 g/mol. The fourth-order valence-corrected chi connectivity index (χ4v) is 2.23. The molecule has 1 aromatic heterocycles. The second-order valence-corrected chi connectivity index (χ2v) is 5.08. The average Bonchev–Trinajstić information content (AvgIpc) is 2.38. The molecule has 1 aromatic carbocycles. The van der Waals surface area contributed by atoms with Crippen LogP contribution in [0, 0.1) is 13.8 Å². The van der Waals surface area contributed by atoms with E-state index in [9.17, 15) is 14.7 Å². The Labute approximate surface area is 118 Å². The lowest BCUT2D eigenvalue weighted by molar-refractivity contribution is 0.112. The summed E-state index contributed by atoms with van der Waals surface area (Å²) >= 11 is 3.07. The Hall–Kier alpha value is -1.88. The summed E-state index contributed by atoms with van der Waals surface area (Å²) in [5.41, 5.74) is 2.23. The predicted molar refractivity (Wildman–Crippen MR) is 76.3 cm³/mol. The van der Waals surface area contributed by atoms with Gasteiger partial charge in [-0.15, -0.1) is 0 Å². The van der Waals surface area contributed by atoms with Gasteiger partial charge in [0.25, 0.3) is 5.56 Å². The maximum atomic E-state index is 12.2. The van der Waals surface area contributed by atoms with Crippen LogP contribution in [0.4, 0.5) is 0 Å². The quantitative estimate of drug-likeness (QED) is 0.865. The summed E-state index contributed by atoms with van der Waals surface area (Å²) < 4.78 is 1.57. The zero-order chi connectivity index (χ0) is 14.2. The lowest BCUT2D eigenvalue weighted by Crippen LogP contribution is -2.22. The van der Waals surface area contributed by atoms with Crippen LogP contribution in [0.5, 0.6) is 5.75 Å².